The molecule has 0 spiro atoms. The number of hydrogen-bond acceptors (Lipinski definition) is 3. The Morgan fingerprint density at radius 2 is 1.90 bits per heavy atom. The third-order valence-electron chi connectivity index (χ3n) is 2.99. The van der Waals surface area contributed by atoms with Crippen molar-refractivity contribution in [3.05, 3.63) is 64.8 Å². The number of hydrogen-bond donors (Lipinski definition) is 1. The van der Waals surface area contributed by atoms with E-state index < -0.39 is 5.97 Å². The van der Waals surface area contributed by atoms with Crippen LogP contribution in [0.15, 0.2) is 59.2 Å². The van der Waals surface area contributed by atoms with Crippen molar-refractivity contribution in [3.8, 4) is 16.9 Å². The van der Waals surface area contributed by atoms with Crippen molar-refractivity contribution in [1.82, 2.24) is 15.0 Å². The van der Waals surface area contributed by atoms with Crippen molar-refractivity contribution in [2.45, 2.75) is 0 Å². The van der Waals surface area contributed by atoms with Crippen LogP contribution in [0.2, 0.25) is 0 Å². The van der Waals surface area contributed by atoms with Gasteiger partial charge in [-0.1, -0.05) is 33.3 Å². The van der Waals surface area contributed by atoms with Gasteiger partial charge in [0.05, 0.1) is 17.4 Å². The fraction of sp³-hybridized carbons (Fsp3) is 0. The number of carbonyl (C=O) groups is 1. The van der Waals surface area contributed by atoms with Gasteiger partial charge in [0.15, 0.2) is 0 Å². The number of benzene rings is 2. The van der Waals surface area contributed by atoms with E-state index in [1.807, 2.05) is 30.3 Å². The van der Waals surface area contributed by atoms with E-state index >= 15 is 0 Å². The third-order valence-corrected chi connectivity index (χ3v) is 3.52. The molecule has 1 N–H and O–H groups in total. The minimum atomic E-state index is -0.961. The SMILES string of the molecule is O=C(O)c1cccc(-c2cn(-c3ccc(Br)cc3)nn2)c1. The number of rotatable bonds is 3. The highest BCUT2D eigenvalue weighted by molar-refractivity contribution is 9.10. The molecule has 0 atom stereocenters. The van der Waals surface area contributed by atoms with Gasteiger partial charge in [-0.3, -0.25) is 0 Å². The van der Waals surface area contributed by atoms with Gasteiger partial charge in [-0.05, 0) is 36.4 Å². The smallest absolute Gasteiger partial charge is 0.335 e. The minimum Gasteiger partial charge on any atom is -0.478 e. The van der Waals surface area contributed by atoms with E-state index in [1.54, 1.807) is 29.1 Å². The van der Waals surface area contributed by atoms with Crippen molar-refractivity contribution in [3.63, 3.8) is 0 Å². The van der Waals surface area contributed by atoms with Gasteiger partial charge in [0.1, 0.15) is 5.69 Å². The fourth-order valence-electron chi connectivity index (χ4n) is 1.93. The lowest BCUT2D eigenvalue weighted by Gasteiger charge is -2.00. The monoisotopic (exact) mass is 343 g/mol. The van der Waals surface area contributed by atoms with E-state index in [-0.39, 0.29) is 5.56 Å². The Balaban J connectivity index is 1.96. The van der Waals surface area contributed by atoms with Gasteiger partial charge >= 0.3 is 5.97 Å². The van der Waals surface area contributed by atoms with Gasteiger partial charge in [0.25, 0.3) is 0 Å². The maximum atomic E-state index is 11.0. The first-order chi connectivity index (χ1) is 10.1. The molecular formula is C15H10BrN3O2. The summed E-state index contributed by atoms with van der Waals surface area (Å²) in [5, 5.41) is 17.2. The molecule has 6 heteroatoms. The summed E-state index contributed by atoms with van der Waals surface area (Å²) < 4.78 is 2.63. The molecule has 0 aliphatic rings. The average Bonchev–Trinajstić information content (AvgIpc) is 2.98. The minimum absolute atomic E-state index is 0.227. The molecule has 0 radical (unpaired) electrons. The number of nitrogens with zero attached hydrogens (tertiary/aromatic N) is 3. The Morgan fingerprint density at radius 3 is 2.62 bits per heavy atom. The quantitative estimate of drug-likeness (QED) is 0.791. The Hall–Kier alpha value is -2.47. The molecule has 0 aliphatic carbocycles. The summed E-state index contributed by atoms with van der Waals surface area (Å²) >= 11 is 3.38. The number of carboxylic acid groups (broad SMARTS) is 1. The highest BCUT2D eigenvalue weighted by Crippen LogP contribution is 2.20. The second kappa shape index (κ2) is 5.49. The molecule has 0 bridgehead atoms. The van der Waals surface area contributed by atoms with Gasteiger partial charge in [0.2, 0.25) is 0 Å². The molecule has 0 aliphatic heterocycles. The maximum Gasteiger partial charge on any atom is 0.335 e. The molecule has 2 aromatic carbocycles. The maximum absolute atomic E-state index is 11.0. The van der Waals surface area contributed by atoms with E-state index in [9.17, 15) is 4.79 Å². The average molecular weight is 344 g/mol. The van der Waals surface area contributed by atoms with Crippen LogP contribution in [0, 0.1) is 0 Å². The lowest BCUT2D eigenvalue weighted by molar-refractivity contribution is 0.0697. The van der Waals surface area contributed by atoms with Gasteiger partial charge in [0, 0.05) is 10.0 Å². The summed E-state index contributed by atoms with van der Waals surface area (Å²) in [5.74, 6) is -0.961. The second-order valence-corrected chi connectivity index (χ2v) is 5.33. The number of aromatic nitrogens is 3. The predicted octanol–water partition coefficient (Wildman–Crippen LogP) is 3.40. The molecule has 5 nitrogen and oxygen atoms in total. The number of carboxylic acids is 1. The van der Waals surface area contributed by atoms with Gasteiger partial charge in [-0.2, -0.15) is 0 Å². The van der Waals surface area contributed by atoms with Gasteiger partial charge in [-0.15, -0.1) is 5.10 Å². The van der Waals surface area contributed by atoms with Crippen molar-refractivity contribution in [2.75, 3.05) is 0 Å². The molecule has 1 aromatic heterocycles. The zero-order chi connectivity index (χ0) is 14.8. The van der Waals surface area contributed by atoms with Crippen LogP contribution in [0.3, 0.4) is 0 Å². The second-order valence-electron chi connectivity index (χ2n) is 4.41. The standard InChI is InChI=1S/C15H10BrN3O2/c16-12-4-6-13(7-5-12)19-9-14(17-18-19)10-2-1-3-11(8-10)15(20)21/h1-9H,(H,20,21). The summed E-state index contributed by atoms with van der Waals surface area (Å²) in [6.45, 7) is 0. The first kappa shape index (κ1) is 13.5. The molecule has 3 rings (SSSR count). The normalized spacial score (nSPS) is 10.5. The predicted molar refractivity (Wildman–Crippen MR) is 81.5 cm³/mol. The zero-order valence-electron chi connectivity index (χ0n) is 10.8. The van der Waals surface area contributed by atoms with E-state index in [0.717, 1.165) is 15.7 Å². The van der Waals surface area contributed by atoms with Crippen LogP contribution in [-0.4, -0.2) is 26.1 Å². The van der Waals surface area contributed by atoms with Crippen molar-refractivity contribution in [2.24, 2.45) is 0 Å². The van der Waals surface area contributed by atoms with Crippen LogP contribution in [0.4, 0.5) is 0 Å². The van der Waals surface area contributed by atoms with Crippen LogP contribution in [0.1, 0.15) is 10.4 Å². The van der Waals surface area contributed by atoms with Crippen LogP contribution in [-0.2, 0) is 0 Å². The molecule has 1 heterocycles. The van der Waals surface area contributed by atoms with E-state index in [0.29, 0.717) is 5.69 Å². The Morgan fingerprint density at radius 1 is 1.14 bits per heavy atom. The van der Waals surface area contributed by atoms with E-state index in [1.165, 1.54) is 0 Å². The zero-order valence-corrected chi connectivity index (χ0v) is 12.4. The Labute approximate surface area is 129 Å². The van der Waals surface area contributed by atoms with Crippen LogP contribution < -0.4 is 0 Å². The highest BCUT2D eigenvalue weighted by atomic mass is 79.9. The molecule has 21 heavy (non-hydrogen) atoms. The molecule has 0 amide bonds. The van der Waals surface area contributed by atoms with Crippen molar-refractivity contribution >= 4 is 21.9 Å². The lowest BCUT2D eigenvalue weighted by atomic mass is 10.1. The Kier molecular flexibility index (Phi) is 3.53. The molecule has 0 fully saturated rings. The van der Waals surface area contributed by atoms with Crippen LogP contribution in [0.5, 0.6) is 0 Å². The van der Waals surface area contributed by atoms with E-state index in [4.69, 9.17) is 5.11 Å². The van der Waals surface area contributed by atoms with E-state index in [2.05, 4.69) is 26.2 Å². The van der Waals surface area contributed by atoms with Crippen LogP contribution >= 0.6 is 15.9 Å². The highest BCUT2D eigenvalue weighted by Gasteiger charge is 2.08. The van der Waals surface area contributed by atoms with Gasteiger partial charge in [-0.25, -0.2) is 9.48 Å². The van der Waals surface area contributed by atoms with Crippen LogP contribution in [0.25, 0.3) is 16.9 Å². The molecule has 3 aromatic rings. The summed E-state index contributed by atoms with van der Waals surface area (Å²) in [5.41, 5.74) is 2.45. The molecular weight excluding hydrogens is 334 g/mol. The summed E-state index contributed by atoms with van der Waals surface area (Å²) in [7, 11) is 0. The Bertz CT molecular complexity index is 797. The lowest BCUT2D eigenvalue weighted by Crippen LogP contribution is -1.95. The largest absolute Gasteiger partial charge is 0.478 e. The molecule has 0 saturated carbocycles. The van der Waals surface area contributed by atoms with Crippen molar-refractivity contribution < 1.29 is 9.90 Å². The summed E-state index contributed by atoms with van der Waals surface area (Å²) in [4.78, 5) is 11.0. The third kappa shape index (κ3) is 2.85. The molecule has 104 valence electrons. The number of halogens is 1. The number of aromatic carboxylic acids is 1. The van der Waals surface area contributed by atoms with Crippen molar-refractivity contribution in [1.29, 1.82) is 0 Å². The summed E-state index contributed by atoms with van der Waals surface area (Å²) in [6, 6.07) is 14.3. The molecule has 0 saturated heterocycles. The fourth-order valence-corrected chi connectivity index (χ4v) is 2.19. The van der Waals surface area contributed by atoms with Gasteiger partial charge < -0.3 is 5.11 Å². The molecule has 0 unspecified atom stereocenters. The summed E-state index contributed by atoms with van der Waals surface area (Å²) in [6.07, 6.45) is 1.77. The topological polar surface area (TPSA) is 68.0 Å². The first-order valence-corrected chi connectivity index (χ1v) is 6.95. The first-order valence-electron chi connectivity index (χ1n) is 6.15.